The third kappa shape index (κ3) is 3.98. The minimum Gasteiger partial charge on any atom is -0.496 e. The molecule has 0 aliphatic rings. The van der Waals surface area contributed by atoms with Crippen molar-refractivity contribution in [3.8, 4) is 17.0 Å². The molecule has 25 heavy (non-hydrogen) atoms. The summed E-state index contributed by atoms with van der Waals surface area (Å²) in [6.45, 7) is 2.43. The van der Waals surface area contributed by atoms with Crippen molar-refractivity contribution in [1.82, 2.24) is 15.5 Å². The van der Waals surface area contributed by atoms with Crippen LogP contribution in [0.1, 0.15) is 11.1 Å². The number of amides is 2. The number of nitrogens with one attached hydrogen (secondary N) is 3. The van der Waals surface area contributed by atoms with E-state index in [1.165, 1.54) is 0 Å². The van der Waals surface area contributed by atoms with E-state index in [0.717, 1.165) is 22.4 Å². The molecule has 0 unspecified atom stereocenters. The molecule has 6 heteroatoms. The quantitative estimate of drug-likeness (QED) is 0.664. The van der Waals surface area contributed by atoms with E-state index >= 15 is 0 Å². The van der Waals surface area contributed by atoms with Crippen LogP contribution in [0.15, 0.2) is 54.7 Å². The van der Waals surface area contributed by atoms with Crippen molar-refractivity contribution in [1.29, 1.82) is 0 Å². The number of aromatic amines is 1. The fourth-order valence-corrected chi connectivity index (χ4v) is 2.55. The zero-order valence-corrected chi connectivity index (χ0v) is 14.2. The maximum Gasteiger partial charge on any atom is 0.319 e. The minimum atomic E-state index is -0.263. The van der Waals surface area contributed by atoms with Crippen molar-refractivity contribution in [2.24, 2.45) is 0 Å². The number of anilines is 1. The molecule has 0 fully saturated rings. The topological polar surface area (TPSA) is 79.0 Å². The Morgan fingerprint density at radius 1 is 1.20 bits per heavy atom. The normalized spacial score (nSPS) is 10.3. The summed E-state index contributed by atoms with van der Waals surface area (Å²) in [4.78, 5) is 12.1. The predicted octanol–water partition coefficient (Wildman–Crippen LogP) is 3.72. The van der Waals surface area contributed by atoms with E-state index in [1.54, 1.807) is 19.4 Å². The van der Waals surface area contributed by atoms with E-state index in [-0.39, 0.29) is 6.03 Å². The lowest BCUT2D eigenvalue weighted by Gasteiger charge is -2.12. The first-order chi connectivity index (χ1) is 12.2. The van der Waals surface area contributed by atoms with Gasteiger partial charge in [0.15, 0.2) is 0 Å². The zero-order valence-electron chi connectivity index (χ0n) is 14.2. The van der Waals surface area contributed by atoms with Gasteiger partial charge >= 0.3 is 6.03 Å². The number of aryl methyl sites for hydroxylation is 1. The first-order valence-corrected chi connectivity index (χ1v) is 7.94. The van der Waals surface area contributed by atoms with Gasteiger partial charge < -0.3 is 15.4 Å². The Bertz CT molecular complexity index is 859. The van der Waals surface area contributed by atoms with Crippen molar-refractivity contribution in [2.75, 3.05) is 12.4 Å². The maximum atomic E-state index is 12.1. The molecule has 0 spiro atoms. The highest BCUT2D eigenvalue weighted by molar-refractivity contribution is 5.90. The van der Waals surface area contributed by atoms with Gasteiger partial charge in [0.05, 0.1) is 19.0 Å². The van der Waals surface area contributed by atoms with Gasteiger partial charge in [-0.05, 0) is 36.2 Å². The molecular formula is C19H20N4O2. The molecule has 0 aliphatic carbocycles. The van der Waals surface area contributed by atoms with E-state index < -0.39 is 0 Å². The molecule has 1 aromatic heterocycles. The highest BCUT2D eigenvalue weighted by Gasteiger charge is 2.12. The summed E-state index contributed by atoms with van der Waals surface area (Å²) < 4.78 is 5.41. The second-order valence-corrected chi connectivity index (χ2v) is 5.64. The van der Waals surface area contributed by atoms with Crippen molar-refractivity contribution in [2.45, 2.75) is 13.5 Å². The van der Waals surface area contributed by atoms with Gasteiger partial charge in [-0.25, -0.2) is 4.79 Å². The van der Waals surface area contributed by atoms with E-state index in [2.05, 4.69) is 20.8 Å². The summed E-state index contributed by atoms with van der Waals surface area (Å²) in [7, 11) is 1.62. The number of rotatable bonds is 5. The number of benzene rings is 2. The Morgan fingerprint density at radius 2 is 2.00 bits per heavy atom. The number of methoxy groups -OCH3 is 1. The Labute approximate surface area is 146 Å². The van der Waals surface area contributed by atoms with Gasteiger partial charge in [-0.2, -0.15) is 5.10 Å². The summed E-state index contributed by atoms with van der Waals surface area (Å²) in [5.41, 5.74) is 4.43. The molecule has 0 atom stereocenters. The lowest BCUT2D eigenvalue weighted by atomic mass is 10.1. The second kappa shape index (κ2) is 7.53. The number of hydrogen-bond donors (Lipinski definition) is 3. The average Bonchev–Trinajstić information content (AvgIpc) is 3.06. The Balaban J connectivity index is 1.72. The van der Waals surface area contributed by atoms with E-state index in [1.807, 2.05) is 49.4 Å². The first kappa shape index (κ1) is 16.6. The van der Waals surface area contributed by atoms with Crippen LogP contribution in [-0.2, 0) is 6.54 Å². The minimum absolute atomic E-state index is 0.263. The monoisotopic (exact) mass is 336 g/mol. The molecular weight excluding hydrogens is 316 g/mol. The van der Waals surface area contributed by atoms with Crippen LogP contribution < -0.4 is 15.4 Å². The zero-order chi connectivity index (χ0) is 17.6. The van der Waals surface area contributed by atoms with Crippen LogP contribution in [0.25, 0.3) is 11.3 Å². The van der Waals surface area contributed by atoms with Crippen molar-refractivity contribution >= 4 is 11.7 Å². The SMILES string of the molecule is COc1ccc(NC(=O)NCc2ccccc2)cc1-c1[nH]ncc1C. The van der Waals surface area contributed by atoms with Crippen LogP contribution >= 0.6 is 0 Å². The van der Waals surface area contributed by atoms with E-state index in [0.29, 0.717) is 18.0 Å². The lowest BCUT2D eigenvalue weighted by molar-refractivity contribution is 0.251. The van der Waals surface area contributed by atoms with E-state index in [9.17, 15) is 4.79 Å². The maximum absolute atomic E-state index is 12.1. The van der Waals surface area contributed by atoms with Crippen LogP contribution in [0.3, 0.4) is 0 Å². The second-order valence-electron chi connectivity index (χ2n) is 5.64. The summed E-state index contributed by atoms with van der Waals surface area (Å²) in [6.07, 6.45) is 1.75. The van der Waals surface area contributed by atoms with Crippen LogP contribution in [0, 0.1) is 6.92 Å². The van der Waals surface area contributed by atoms with Crippen LogP contribution in [0.5, 0.6) is 5.75 Å². The van der Waals surface area contributed by atoms with Crippen molar-refractivity contribution < 1.29 is 9.53 Å². The number of urea groups is 1. The Morgan fingerprint density at radius 3 is 2.68 bits per heavy atom. The molecule has 128 valence electrons. The first-order valence-electron chi connectivity index (χ1n) is 7.94. The molecule has 0 saturated carbocycles. The number of carbonyl (C=O) groups excluding carboxylic acids is 1. The van der Waals surface area contributed by atoms with Crippen molar-refractivity contribution in [3.05, 3.63) is 65.9 Å². The molecule has 1 heterocycles. The Hall–Kier alpha value is -3.28. The van der Waals surface area contributed by atoms with Gasteiger partial charge in [0.2, 0.25) is 0 Å². The Kier molecular flexibility index (Phi) is 4.99. The number of carbonyl (C=O) groups is 1. The molecule has 0 bridgehead atoms. The number of aromatic nitrogens is 2. The number of ether oxygens (including phenoxy) is 1. The summed E-state index contributed by atoms with van der Waals surface area (Å²) in [6, 6.07) is 15.0. The van der Waals surface area contributed by atoms with Crippen LogP contribution in [0.4, 0.5) is 10.5 Å². The number of hydrogen-bond acceptors (Lipinski definition) is 3. The number of nitrogens with zero attached hydrogens (tertiary/aromatic N) is 1. The van der Waals surface area contributed by atoms with Gasteiger partial charge in [-0.1, -0.05) is 30.3 Å². The molecule has 3 N–H and O–H groups in total. The fourth-order valence-electron chi connectivity index (χ4n) is 2.55. The molecule has 3 aromatic rings. The molecule has 2 aromatic carbocycles. The predicted molar refractivity (Wildman–Crippen MR) is 97.6 cm³/mol. The van der Waals surface area contributed by atoms with Gasteiger partial charge in [0.1, 0.15) is 5.75 Å². The number of H-pyrrole nitrogens is 1. The average molecular weight is 336 g/mol. The van der Waals surface area contributed by atoms with Crippen molar-refractivity contribution in [3.63, 3.8) is 0 Å². The third-order valence-electron chi connectivity index (χ3n) is 3.85. The van der Waals surface area contributed by atoms with Gasteiger partial charge in [-0.15, -0.1) is 0 Å². The third-order valence-corrected chi connectivity index (χ3v) is 3.85. The van der Waals surface area contributed by atoms with Gasteiger partial charge in [0, 0.05) is 17.8 Å². The molecule has 6 nitrogen and oxygen atoms in total. The summed E-state index contributed by atoms with van der Waals surface area (Å²) >= 11 is 0. The largest absolute Gasteiger partial charge is 0.496 e. The van der Waals surface area contributed by atoms with Crippen LogP contribution in [-0.4, -0.2) is 23.3 Å². The smallest absolute Gasteiger partial charge is 0.319 e. The fraction of sp³-hybridized carbons (Fsp3) is 0.158. The molecule has 2 amide bonds. The summed E-state index contributed by atoms with van der Waals surface area (Å²) in [5, 5.41) is 12.7. The standard InChI is InChI=1S/C19H20N4O2/c1-13-11-21-23-18(13)16-10-15(8-9-17(16)25-2)22-19(24)20-12-14-6-4-3-5-7-14/h3-11H,12H2,1-2H3,(H,21,23)(H2,20,22,24). The summed E-state index contributed by atoms with van der Waals surface area (Å²) in [5.74, 6) is 0.711. The highest BCUT2D eigenvalue weighted by atomic mass is 16.5. The lowest BCUT2D eigenvalue weighted by Crippen LogP contribution is -2.28. The van der Waals surface area contributed by atoms with Gasteiger partial charge in [0.25, 0.3) is 0 Å². The molecule has 0 aliphatic heterocycles. The highest BCUT2D eigenvalue weighted by Crippen LogP contribution is 2.32. The molecule has 3 rings (SSSR count). The van der Waals surface area contributed by atoms with E-state index in [4.69, 9.17) is 4.74 Å². The van der Waals surface area contributed by atoms with Crippen LogP contribution in [0.2, 0.25) is 0 Å². The van der Waals surface area contributed by atoms with Gasteiger partial charge in [-0.3, -0.25) is 5.10 Å². The molecule has 0 radical (unpaired) electrons. The molecule has 0 saturated heterocycles.